The van der Waals surface area contributed by atoms with Gasteiger partial charge in [0.1, 0.15) is 11.6 Å². The Bertz CT molecular complexity index is 1360. The molecule has 3 rings (SSSR count). The van der Waals surface area contributed by atoms with Gasteiger partial charge in [-0.15, -0.1) is 0 Å². The maximum Gasteiger partial charge on any atom is 0.336 e. The van der Waals surface area contributed by atoms with Crippen LogP contribution >= 0.6 is 11.6 Å². The first-order valence-corrected chi connectivity index (χ1v) is 13.4. The zero-order chi connectivity index (χ0) is 25.8. The van der Waals surface area contributed by atoms with Crippen molar-refractivity contribution in [1.82, 2.24) is 4.72 Å². The number of nitrogens with one attached hydrogen (secondary N) is 1. The fraction of sp³-hybridized carbons (Fsp3) is 0.385. The highest BCUT2D eigenvalue weighted by atomic mass is 35.5. The van der Waals surface area contributed by atoms with Crippen molar-refractivity contribution in [3.63, 3.8) is 0 Å². The Morgan fingerprint density at radius 1 is 1.14 bits per heavy atom. The molecule has 3 aromatic rings. The van der Waals surface area contributed by atoms with E-state index in [4.69, 9.17) is 20.8 Å². The third-order valence-electron chi connectivity index (χ3n) is 5.51. The molecule has 0 saturated carbocycles. The van der Waals surface area contributed by atoms with Gasteiger partial charge in [-0.25, -0.2) is 18.0 Å². The lowest BCUT2D eigenvalue weighted by Gasteiger charge is -2.20. The summed E-state index contributed by atoms with van der Waals surface area (Å²) in [7, 11) is -3.97. The average Bonchev–Trinajstić information content (AvgIpc) is 2.77. The van der Waals surface area contributed by atoms with E-state index in [1.807, 2.05) is 20.8 Å². The van der Waals surface area contributed by atoms with Crippen molar-refractivity contribution < 1.29 is 22.4 Å². The first-order chi connectivity index (χ1) is 16.5. The van der Waals surface area contributed by atoms with E-state index >= 15 is 0 Å². The van der Waals surface area contributed by atoms with Crippen molar-refractivity contribution >= 4 is 38.6 Å². The van der Waals surface area contributed by atoms with Gasteiger partial charge in [0.2, 0.25) is 10.0 Å². The fourth-order valence-corrected chi connectivity index (χ4v) is 5.10. The predicted molar refractivity (Wildman–Crippen MR) is 136 cm³/mol. The minimum Gasteiger partial charge on any atom is -0.424 e. The maximum absolute atomic E-state index is 13.1. The summed E-state index contributed by atoms with van der Waals surface area (Å²) >= 11 is 6.41. The van der Waals surface area contributed by atoms with Crippen LogP contribution in [0.5, 0.6) is 5.75 Å². The molecule has 1 unspecified atom stereocenters. The number of carbonyl (C=O) groups excluding carboxylic acids is 1. The van der Waals surface area contributed by atoms with Crippen LogP contribution in [-0.4, -0.2) is 20.4 Å². The SMILES string of the molecule is CCCCc1cc(=O)oc2cc(OC(=O)C(CC(C)C)NS(=O)(=O)c3ccc(C)cc3)c(Cl)cc12. The summed E-state index contributed by atoms with van der Waals surface area (Å²) in [5.74, 6) is -0.817. The van der Waals surface area contributed by atoms with Crippen molar-refractivity contribution in [2.24, 2.45) is 5.92 Å². The first-order valence-electron chi connectivity index (χ1n) is 11.6. The third-order valence-corrected chi connectivity index (χ3v) is 7.30. The van der Waals surface area contributed by atoms with Gasteiger partial charge < -0.3 is 9.15 Å². The highest BCUT2D eigenvalue weighted by Crippen LogP contribution is 2.32. The summed E-state index contributed by atoms with van der Waals surface area (Å²) in [5.41, 5.74) is 1.46. The van der Waals surface area contributed by atoms with Crippen LogP contribution in [0.4, 0.5) is 0 Å². The van der Waals surface area contributed by atoms with E-state index in [2.05, 4.69) is 11.6 Å². The van der Waals surface area contributed by atoms with Gasteiger partial charge in [0, 0.05) is 17.5 Å². The summed E-state index contributed by atoms with van der Waals surface area (Å²) < 4.78 is 39.1. The number of hydrogen-bond acceptors (Lipinski definition) is 6. The van der Waals surface area contributed by atoms with E-state index < -0.39 is 27.7 Å². The number of benzene rings is 2. The molecule has 0 fully saturated rings. The summed E-state index contributed by atoms with van der Waals surface area (Å²) in [6.07, 6.45) is 2.75. The summed E-state index contributed by atoms with van der Waals surface area (Å²) in [6, 6.07) is 9.62. The van der Waals surface area contributed by atoms with E-state index in [-0.39, 0.29) is 33.6 Å². The highest BCUT2D eigenvalue weighted by molar-refractivity contribution is 7.89. The molecule has 0 aliphatic carbocycles. The quantitative estimate of drug-likeness (QED) is 0.219. The molecule has 0 amide bonds. The molecule has 9 heteroatoms. The van der Waals surface area contributed by atoms with E-state index in [0.717, 1.165) is 24.0 Å². The Morgan fingerprint density at radius 3 is 2.46 bits per heavy atom. The number of aryl methyl sites for hydroxylation is 2. The average molecular weight is 520 g/mol. The molecular weight excluding hydrogens is 490 g/mol. The van der Waals surface area contributed by atoms with Crippen LogP contribution < -0.4 is 15.1 Å². The zero-order valence-electron chi connectivity index (χ0n) is 20.3. The van der Waals surface area contributed by atoms with Gasteiger partial charge in [0.25, 0.3) is 0 Å². The van der Waals surface area contributed by atoms with Gasteiger partial charge in [-0.1, -0.05) is 56.5 Å². The molecule has 1 heterocycles. The molecular formula is C26H30ClNO6S. The molecule has 1 N–H and O–H groups in total. The van der Waals surface area contributed by atoms with Gasteiger partial charge in [-0.2, -0.15) is 4.72 Å². The molecule has 188 valence electrons. The van der Waals surface area contributed by atoms with Crippen LogP contribution in [0.15, 0.2) is 56.6 Å². The lowest BCUT2D eigenvalue weighted by Crippen LogP contribution is -2.43. The Labute approximate surface area is 210 Å². The van der Waals surface area contributed by atoms with Gasteiger partial charge >= 0.3 is 11.6 Å². The van der Waals surface area contributed by atoms with Crippen LogP contribution in [0.2, 0.25) is 5.02 Å². The van der Waals surface area contributed by atoms with Crippen molar-refractivity contribution in [2.75, 3.05) is 0 Å². The molecule has 0 spiro atoms. The van der Waals surface area contributed by atoms with Crippen LogP contribution in [0, 0.1) is 12.8 Å². The minimum absolute atomic E-state index is 0.000474. The number of fused-ring (bicyclic) bond motifs is 1. The van der Waals surface area contributed by atoms with Crippen molar-refractivity contribution in [1.29, 1.82) is 0 Å². The Balaban J connectivity index is 1.90. The molecule has 1 aromatic heterocycles. The lowest BCUT2D eigenvalue weighted by atomic mass is 10.0. The molecule has 35 heavy (non-hydrogen) atoms. The molecule has 1 atom stereocenters. The largest absolute Gasteiger partial charge is 0.424 e. The molecule has 2 aromatic carbocycles. The summed E-state index contributed by atoms with van der Waals surface area (Å²) in [4.78, 5) is 25.2. The molecule has 0 aliphatic rings. The fourth-order valence-electron chi connectivity index (χ4n) is 3.70. The Morgan fingerprint density at radius 2 is 1.83 bits per heavy atom. The van der Waals surface area contributed by atoms with Crippen molar-refractivity contribution in [3.8, 4) is 5.75 Å². The van der Waals surface area contributed by atoms with Gasteiger partial charge in [0.15, 0.2) is 5.75 Å². The van der Waals surface area contributed by atoms with Crippen LogP contribution in [0.25, 0.3) is 11.0 Å². The first kappa shape index (κ1) is 26.9. The summed E-state index contributed by atoms with van der Waals surface area (Å²) in [5, 5.41) is 0.823. The third kappa shape index (κ3) is 6.93. The summed E-state index contributed by atoms with van der Waals surface area (Å²) in [6.45, 7) is 7.65. The number of esters is 1. The second-order valence-electron chi connectivity index (χ2n) is 9.01. The normalized spacial score (nSPS) is 12.7. The highest BCUT2D eigenvalue weighted by Gasteiger charge is 2.29. The zero-order valence-corrected chi connectivity index (χ0v) is 21.8. The number of halogens is 1. The van der Waals surface area contributed by atoms with Crippen molar-refractivity contribution in [3.05, 3.63) is 69.0 Å². The number of hydrogen-bond donors (Lipinski definition) is 1. The van der Waals surface area contributed by atoms with E-state index in [9.17, 15) is 18.0 Å². The number of carbonyl (C=O) groups is 1. The second-order valence-corrected chi connectivity index (χ2v) is 11.1. The van der Waals surface area contributed by atoms with E-state index in [0.29, 0.717) is 11.8 Å². The molecule has 0 radical (unpaired) electrons. The van der Waals surface area contributed by atoms with Crippen LogP contribution in [-0.2, 0) is 21.2 Å². The maximum atomic E-state index is 13.1. The second kappa shape index (κ2) is 11.4. The Kier molecular flexibility index (Phi) is 8.74. The van der Waals surface area contributed by atoms with Gasteiger partial charge in [0.05, 0.1) is 9.92 Å². The van der Waals surface area contributed by atoms with Crippen LogP contribution in [0.3, 0.4) is 0 Å². The van der Waals surface area contributed by atoms with Crippen LogP contribution in [0.1, 0.15) is 51.2 Å². The smallest absolute Gasteiger partial charge is 0.336 e. The minimum atomic E-state index is -3.97. The Hall–Kier alpha value is -2.68. The number of unbranched alkanes of at least 4 members (excludes halogenated alkanes) is 1. The van der Waals surface area contributed by atoms with Gasteiger partial charge in [-0.05, 0) is 55.9 Å². The molecule has 0 saturated heterocycles. The topological polar surface area (TPSA) is 103 Å². The van der Waals surface area contributed by atoms with Crippen molar-refractivity contribution in [2.45, 2.75) is 64.3 Å². The molecule has 0 aliphatic heterocycles. The molecule has 7 nitrogen and oxygen atoms in total. The number of ether oxygens (including phenoxy) is 1. The van der Waals surface area contributed by atoms with E-state index in [1.54, 1.807) is 18.2 Å². The standard InChI is InChI=1S/C26H30ClNO6S/c1-5-6-7-18-13-25(29)33-23-15-24(21(27)14-20(18)23)34-26(30)22(12-16(2)3)28-35(31,32)19-10-8-17(4)9-11-19/h8-11,13-16,22,28H,5-7,12H2,1-4H3. The monoisotopic (exact) mass is 519 g/mol. The number of sulfonamides is 1. The predicted octanol–water partition coefficient (Wildman–Crippen LogP) is 5.40. The van der Waals surface area contributed by atoms with E-state index in [1.165, 1.54) is 24.3 Å². The number of rotatable bonds is 10. The molecule has 0 bridgehead atoms. The van der Waals surface area contributed by atoms with Gasteiger partial charge in [-0.3, -0.25) is 0 Å². The lowest BCUT2D eigenvalue weighted by molar-refractivity contribution is -0.136.